The fraction of sp³-hybridized carbons (Fsp3) is 0.333. The number of rotatable bonds is 3. The zero-order chi connectivity index (χ0) is 13.2. The van der Waals surface area contributed by atoms with Crippen molar-refractivity contribution in [3.05, 3.63) is 47.1 Å². The standard InChI is InChI=1S/C15H20O2/c1-6-15(5,17)8-7-13-10(2)9-14(16)12(4)11(13)3/h6-9,16-17H,1H2,2-5H3/b8-7+. The number of hydrogen-bond acceptors (Lipinski definition) is 2. The van der Waals surface area contributed by atoms with Gasteiger partial charge < -0.3 is 10.2 Å². The van der Waals surface area contributed by atoms with E-state index < -0.39 is 5.60 Å². The van der Waals surface area contributed by atoms with E-state index in [0.29, 0.717) is 5.75 Å². The molecular weight excluding hydrogens is 212 g/mol. The largest absolute Gasteiger partial charge is 0.508 e. The summed E-state index contributed by atoms with van der Waals surface area (Å²) >= 11 is 0. The van der Waals surface area contributed by atoms with Gasteiger partial charge in [-0.1, -0.05) is 18.7 Å². The third kappa shape index (κ3) is 2.98. The SMILES string of the molecule is C=CC(C)(O)/C=C/c1c(C)cc(O)c(C)c1C. The second-order valence-corrected chi connectivity index (χ2v) is 4.64. The molecule has 0 aromatic heterocycles. The van der Waals surface area contributed by atoms with E-state index in [-0.39, 0.29) is 0 Å². The Kier molecular flexibility index (Phi) is 3.79. The Hall–Kier alpha value is -1.54. The predicted molar refractivity (Wildman–Crippen MR) is 72.2 cm³/mol. The number of aliphatic hydroxyl groups is 1. The van der Waals surface area contributed by atoms with Crippen LogP contribution in [0.1, 0.15) is 29.2 Å². The molecule has 2 N–H and O–H groups in total. The lowest BCUT2D eigenvalue weighted by atomic mass is 9.95. The molecule has 0 saturated heterocycles. The minimum absolute atomic E-state index is 0.313. The number of phenols is 1. The lowest BCUT2D eigenvalue weighted by Crippen LogP contribution is -2.15. The molecule has 0 fully saturated rings. The number of phenolic OH excluding ortho intramolecular Hbond substituents is 1. The van der Waals surface area contributed by atoms with Gasteiger partial charge in [-0.25, -0.2) is 0 Å². The van der Waals surface area contributed by atoms with Gasteiger partial charge in [0.05, 0.1) is 5.60 Å². The zero-order valence-corrected chi connectivity index (χ0v) is 10.9. The van der Waals surface area contributed by atoms with Crippen LogP contribution in [0.25, 0.3) is 6.08 Å². The van der Waals surface area contributed by atoms with E-state index in [1.807, 2.05) is 26.8 Å². The lowest BCUT2D eigenvalue weighted by Gasteiger charge is -2.15. The van der Waals surface area contributed by atoms with Gasteiger partial charge in [0, 0.05) is 0 Å². The molecule has 92 valence electrons. The number of hydrogen-bond donors (Lipinski definition) is 2. The van der Waals surface area contributed by atoms with Crippen molar-refractivity contribution in [1.29, 1.82) is 0 Å². The second kappa shape index (κ2) is 4.76. The van der Waals surface area contributed by atoms with Crippen molar-refractivity contribution in [1.82, 2.24) is 0 Å². The molecule has 1 aromatic carbocycles. The van der Waals surface area contributed by atoms with E-state index in [4.69, 9.17) is 0 Å². The molecule has 0 aliphatic heterocycles. The second-order valence-electron chi connectivity index (χ2n) is 4.64. The van der Waals surface area contributed by atoms with E-state index in [1.54, 1.807) is 19.1 Å². The molecule has 0 amide bonds. The third-order valence-electron chi connectivity index (χ3n) is 3.13. The van der Waals surface area contributed by atoms with Crippen LogP contribution in [0.4, 0.5) is 0 Å². The van der Waals surface area contributed by atoms with E-state index in [2.05, 4.69) is 6.58 Å². The van der Waals surface area contributed by atoms with Crippen LogP contribution in [0, 0.1) is 20.8 Å². The van der Waals surface area contributed by atoms with Crippen molar-refractivity contribution < 1.29 is 10.2 Å². The van der Waals surface area contributed by atoms with Gasteiger partial charge in [0.1, 0.15) is 5.75 Å². The van der Waals surface area contributed by atoms with E-state index >= 15 is 0 Å². The zero-order valence-electron chi connectivity index (χ0n) is 10.9. The van der Waals surface area contributed by atoms with Gasteiger partial charge in [0.2, 0.25) is 0 Å². The first kappa shape index (κ1) is 13.5. The topological polar surface area (TPSA) is 40.5 Å². The number of benzene rings is 1. The first-order valence-corrected chi connectivity index (χ1v) is 5.63. The fourth-order valence-corrected chi connectivity index (χ4v) is 1.66. The maximum absolute atomic E-state index is 9.84. The molecule has 0 heterocycles. The van der Waals surface area contributed by atoms with E-state index in [9.17, 15) is 10.2 Å². The third-order valence-corrected chi connectivity index (χ3v) is 3.13. The van der Waals surface area contributed by atoms with E-state index in [0.717, 1.165) is 22.3 Å². The normalized spacial score (nSPS) is 14.9. The summed E-state index contributed by atoms with van der Waals surface area (Å²) in [6.45, 7) is 11.0. The molecule has 1 aromatic rings. The Bertz CT molecular complexity index is 468. The summed E-state index contributed by atoms with van der Waals surface area (Å²) in [5, 5.41) is 19.5. The predicted octanol–water partition coefficient (Wildman–Crippen LogP) is 3.27. The Morgan fingerprint density at radius 3 is 2.35 bits per heavy atom. The maximum Gasteiger partial charge on any atom is 0.119 e. The van der Waals surface area contributed by atoms with Gasteiger partial charge >= 0.3 is 0 Å². The van der Waals surface area contributed by atoms with Crippen LogP contribution in [-0.4, -0.2) is 15.8 Å². The Labute approximate surface area is 103 Å². The Balaban J connectivity index is 3.25. The highest BCUT2D eigenvalue weighted by atomic mass is 16.3. The highest BCUT2D eigenvalue weighted by Gasteiger charge is 2.12. The minimum atomic E-state index is -1.01. The van der Waals surface area contributed by atoms with Gasteiger partial charge in [-0.2, -0.15) is 0 Å². The average Bonchev–Trinajstić information content (AvgIpc) is 2.26. The van der Waals surface area contributed by atoms with Crippen LogP contribution in [-0.2, 0) is 0 Å². The summed E-state index contributed by atoms with van der Waals surface area (Å²) in [5.41, 5.74) is 2.90. The molecule has 0 spiro atoms. The Morgan fingerprint density at radius 2 is 1.82 bits per heavy atom. The van der Waals surface area contributed by atoms with Crippen LogP contribution in [0.3, 0.4) is 0 Å². The number of aryl methyl sites for hydroxylation is 1. The summed E-state index contributed by atoms with van der Waals surface area (Å²) in [6.07, 6.45) is 5.06. The van der Waals surface area contributed by atoms with Crippen LogP contribution >= 0.6 is 0 Å². The average molecular weight is 232 g/mol. The van der Waals surface area contributed by atoms with Crippen molar-refractivity contribution in [2.45, 2.75) is 33.3 Å². The quantitative estimate of drug-likeness (QED) is 0.785. The van der Waals surface area contributed by atoms with Gasteiger partial charge in [0.15, 0.2) is 0 Å². The highest BCUT2D eigenvalue weighted by molar-refractivity contribution is 5.63. The van der Waals surface area contributed by atoms with Crippen LogP contribution in [0.15, 0.2) is 24.8 Å². The van der Waals surface area contributed by atoms with Crippen molar-refractivity contribution >= 4 is 6.08 Å². The minimum Gasteiger partial charge on any atom is -0.508 e. The van der Waals surface area contributed by atoms with E-state index in [1.165, 1.54) is 6.08 Å². The monoisotopic (exact) mass is 232 g/mol. The molecular formula is C15H20O2. The van der Waals surface area contributed by atoms with Gasteiger partial charge in [-0.15, -0.1) is 0 Å². The Morgan fingerprint density at radius 1 is 1.24 bits per heavy atom. The maximum atomic E-state index is 9.84. The summed E-state index contributed by atoms with van der Waals surface area (Å²) in [6, 6.07) is 1.74. The molecule has 0 aliphatic rings. The molecule has 0 radical (unpaired) electrons. The van der Waals surface area contributed by atoms with Crippen LogP contribution < -0.4 is 0 Å². The molecule has 2 nitrogen and oxygen atoms in total. The van der Waals surface area contributed by atoms with Gasteiger partial charge in [-0.05, 0) is 62.1 Å². The summed E-state index contributed by atoms with van der Waals surface area (Å²) in [7, 11) is 0. The smallest absolute Gasteiger partial charge is 0.119 e. The van der Waals surface area contributed by atoms with Gasteiger partial charge in [0.25, 0.3) is 0 Å². The summed E-state index contributed by atoms with van der Waals surface area (Å²) in [5.74, 6) is 0.313. The fourth-order valence-electron chi connectivity index (χ4n) is 1.66. The molecule has 2 heteroatoms. The van der Waals surface area contributed by atoms with Crippen molar-refractivity contribution in [3.63, 3.8) is 0 Å². The molecule has 0 bridgehead atoms. The lowest BCUT2D eigenvalue weighted by molar-refractivity contribution is 0.165. The molecule has 1 atom stereocenters. The van der Waals surface area contributed by atoms with Crippen molar-refractivity contribution in [2.24, 2.45) is 0 Å². The molecule has 0 aliphatic carbocycles. The first-order valence-electron chi connectivity index (χ1n) is 5.63. The van der Waals surface area contributed by atoms with Crippen LogP contribution in [0.2, 0.25) is 0 Å². The summed E-state index contributed by atoms with van der Waals surface area (Å²) < 4.78 is 0. The molecule has 1 rings (SSSR count). The molecule has 0 saturated carbocycles. The van der Waals surface area contributed by atoms with Crippen molar-refractivity contribution in [3.8, 4) is 5.75 Å². The number of aromatic hydroxyl groups is 1. The van der Waals surface area contributed by atoms with Gasteiger partial charge in [-0.3, -0.25) is 0 Å². The molecule has 1 unspecified atom stereocenters. The van der Waals surface area contributed by atoms with Crippen molar-refractivity contribution in [2.75, 3.05) is 0 Å². The summed E-state index contributed by atoms with van der Waals surface area (Å²) in [4.78, 5) is 0. The molecule has 17 heavy (non-hydrogen) atoms. The van der Waals surface area contributed by atoms with Crippen LogP contribution in [0.5, 0.6) is 5.75 Å². The first-order chi connectivity index (χ1) is 7.78. The highest BCUT2D eigenvalue weighted by Crippen LogP contribution is 2.27.